The van der Waals surface area contributed by atoms with E-state index in [-0.39, 0.29) is 30.0 Å². The van der Waals surface area contributed by atoms with Crippen molar-refractivity contribution >= 4 is 26.8 Å². The second-order valence-corrected chi connectivity index (χ2v) is 10.6. The number of rotatable bonds is 6. The van der Waals surface area contributed by atoms with Crippen LogP contribution < -0.4 is 10.1 Å². The summed E-state index contributed by atoms with van der Waals surface area (Å²) in [6, 6.07) is 12.3. The fourth-order valence-corrected chi connectivity index (χ4v) is 5.99. The van der Waals surface area contributed by atoms with Gasteiger partial charge in [-0.3, -0.25) is 4.79 Å². The van der Waals surface area contributed by atoms with Gasteiger partial charge in [0.2, 0.25) is 0 Å². The molecule has 1 fully saturated rings. The maximum absolute atomic E-state index is 13.3. The first-order valence-corrected chi connectivity index (χ1v) is 12.7. The minimum Gasteiger partial charge on any atom is -0.497 e. The number of benzene rings is 1. The zero-order valence-corrected chi connectivity index (χ0v) is 19.6. The monoisotopic (exact) mass is 480 g/mol. The van der Waals surface area contributed by atoms with Crippen molar-refractivity contribution in [3.63, 3.8) is 0 Å². The lowest BCUT2D eigenvalue weighted by molar-refractivity contribution is 0.0949. The molecule has 1 aromatic carbocycles. The first-order valence-electron chi connectivity index (χ1n) is 10.9. The van der Waals surface area contributed by atoms with Crippen LogP contribution in [0.5, 0.6) is 5.75 Å². The Balaban J connectivity index is 1.63. The topological polar surface area (TPSA) is 116 Å². The summed E-state index contributed by atoms with van der Waals surface area (Å²) in [7, 11) is -1.53. The van der Waals surface area contributed by atoms with E-state index in [1.807, 2.05) is 24.3 Å². The van der Waals surface area contributed by atoms with Crippen molar-refractivity contribution in [2.45, 2.75) is 25.9 Å². The number of methoxy groups -OCH3 is 1. The van der Waals surface area contributed by atoms with Crippen LogP contribution in [-0.2, 0) is 16.4 Å². The lowest BCUT2D eigenvalue weighted by Crippen LogP contribution is -2.23. The molecule has 0 saturated carbocycles. The lowest BCUT2D eigenvalue weighted by Gasteiger charge is -2.12. The minimum atomic E-state index is -3.13. The molecule has 1 N–H and O–H groups in total. The maximum Gasteiger partial charge on any atom is 0.252 e. The van der Waals surface area contributed by atoms with Crippen LogP contribution in [-0.4, -0.2) is 47.7 Å². The van der Waals surface area contributed by atoms with E-state index in [4.69, 9.17) is 14.1 Å². The van der Waals surface area contributed by atoms with Gasteiger partial charge in [0.05, 0.1) is 59.8 Å². The molecule has 9 nitrogen and oxygen atoms in total. The average Bonchev–Trinajstić information content (AvgIpc) is 3.56. The molecule has 1 amide bonds. The standard InChI is InChI=1S/C24H24N4O5S/c1-15-22-20(24(29)25-13-19-4-3-10-33-19)12-21(16-5-7-18(32-2)8-6-16)26-23(22)28(27-15)17-9-11-34(30,31)14-17/h3-8,10,12,17H,9,11,13-14H2,1-2H3,(H,25,29). The SMILES string of the molecule is COc1ccc(-c2cc(C(=O)NCc3ccco3)c3c(C)nn(C4CCS(=O)(=O)C4)c3n2)cc1. The zero-order valence-electron chi connectivity index (χ0n) is 18.8. The van der Waals surface area contributed by atoms with Crippen LogP contribution in [0.15, 0.2) is 53.1 Å². The predicted molar refractivity (Wildman–Crippen MR) is 126 cm³/mol. The smallest absolute Gasteiger partial charge is 0.252 e. The number of nitrogens with one attached hydrogen (secondary N) is 1. The summed E-state index contributed by atoms with van der Waals surface area (Å²) in [4.78, 5) is 18.1. The van der Waals surface area contributed by atoms with E-state index in [1.54, 1.807) is 43.2 Å². The number of sulfone groups is 1. The summed E-state index contributed by atoms with van der Waals surface area (Å²) < 4.78 is 36.5. The van der Waals surface area contributed by atoms with Crippen LogP contribution in [0.1, 0.15) is 34.3 Å². The van der Waals surface area contributed by atoms with Crippen LogP contribution in [0.25, 0.3) is 22.3 Å². The minimum absolute atomic E-state index is 0.0116. The molecule has 1 unspecified atom stereocenters. The van der Waals surface area contributed by atoms with Crippen molar-refractivity contribution in [2.24, 2.45) is 0 Å². The van der Waals surface area contributed by atoms with E-state index in [0.717, 1.165) is 5.56 Å². The molecule has 4 aromatic rings. The van der Waals surface area contributed by atoms with Crippen LogP contribution in [0.3, 0.4) is 0 Å². The molecule has 5 rings (SSSR count). The highest BCUT2D eigenvalue weighted by molar-refractivity contribution is 7.91. The number of aromatic nitrogens is 3. The highest BCUT2D eigenvalue weighted by Crippen LogP contribution is 2.32. The van der Waals surface area contributed by atoms with E-state index in [1.165, 1.54) is 0 Å². The second-order valence-electron chi connectivity index (χ2n) is 8.33. The number of hydrogen-bond donors (Lipinski definition) is 1. The normalized spacial score (nSPS) is 17.2. The van der Waals surface area contributed by atoms with Gasteiger partial charge in [0.15, 0.2) is 15.5 Å². The van der Waals surface area contributed by atoms with Crippen molar-refractivity contribution in [1.82, 2.24) is 20.1 Å². The summed E-state index contributed by atoms with van der Waals surface area (Å²) in [5.74, 6) is 1.18. The molecule has 176 valence electrons. The first kappa shape index (κ1) is 22.1. The quantitative estimate of drug-likeness (QED) is 0.450. The number of pyridine rings is 1. The summed E-state index contributed by atoms with van der Waals surface area (Å²) in [5, 5.41) is 8.13. The number of fused-ring (bicyclic) bond motifs is 1. The second kappa shape index (κ2) is 8.60. The van der Waals surface area contributed by atoms with Gasteiger partial charge in [-0.1, -0.05) is 0 Å². The molecular weight excluding hydrogens is 456 g/mol. The molecule has 1 atom stereocenters. The Labute approximate surface area is 196 Å². The van der Waals surface area contributed by atoms with Crippen molar-refractivity contribution < 1.29 is 22.4 Å². The first-order chi connectivity index (χ1) is 16.3. The Hall–Kier alpha value is -3.66. The number of amides is 1. The van der Waals surface area contributed by atoms with Gasteiger partial charge in [-0.15, -0.1) is 0 Å². The van der Waals surface area contributed by atoms with E-state index in [9.17, 15) is 13.2 Å². The molecular formula is C24H24N4O5S. The Bertz CT molecular complexity index is 1460. The molecule has 0 radical (unpaired) electrons. The summed E-state index contributed by atoms with van der Waals surface area (Å²) in [6.45, 7) is 2.04. The summed E-state index contributed by atoms with van der Waals surface area (Å²) in [6.07, 6.45) is 2.02. The third kappa shape index (κ3) is 4.16. The molecule has 0 spiro atoms. The largest absolute Gasteiger partial charge is 0.497 e. The van der Waals surface area contributed by atoms with E-state index < -0.39 is 9.84 Å². The molecule has 4 heterocycles. The van der Waals surface area contributed by atoms with Gasteiger partial charge >= 0.3 is 0 Å². The van der Waals surface area contributed by atoms with Crippen LogP contribution in [0, 0.1) is 6.92 Å². The third-order valence-electron chi connectivity index (χ3n) is 6.02. The van der Waals surface area contributed by atoms with Gasteiger partial charge in [-0.2, -0.15) is 5.10 Å². The Kier molecular flexibility index (Phi) is 5.60. The number of furan rings is 1. The van der Waals surface area contributed by atoms with Crippen LogP contribution in [0.2, 0.25) is 0 Å². The number of aryl methyl sites for hydroxylation is 1. The molecule has 1 aliphatic rings. The van der Waals surface area contributed by atoms with Crippen LogP contribution in [0.4, 0.5) is 0 Å². The van der Waals surface area contributed by atoms with E-state index in [2.05, 4.69) is 10.4 Å². The molecule has 0 bridgehead atoms. The lowest BCUT2D eigenvalue weighted by atomic mass is 10.0. The van der Waals surface area contributed by atoms with Gasteiger partial charge in [-0.25, -0.2) is 18.1 Å². The number of nitrogens with zero attached hydrogens (tertiary/aromatic N) is 3. The van der Waals surface area contributed by atoms with Gasteiger partial charge in [-0.05, 0) is 55.8 Å². The van der Waals surface area contributed by atoms with Crippen molar-refractivity contribution in [2.75, 3.05) is 18.6 Å². The number of carbonyl (C=O) groups is 1. The number of carbonyl (C=O) groups excluding carboxylic acids is 1. The van der Waals surface area contributed by atoms with Gasteiger partial charge in [0, 0.05) is 5.56 Å². The third-order valence-corrected chi connectivity index (χ3v) is 7.78. The molecule has 34 heavy (non-hydrogen) atoms. The van der Waals surface area contributed by atoms with E-state index in [0.29, 0.717) is 45.9 Å². The zero-order chi connectivity index (χ0) is 23.9. The Morgan fingerprint density at radius 2 is 2.06 bits per heavy atom. The fourth-order valence-electron chi connectivity index (χ4n) is 4.30. The van der Waals surface area contributed by atoms with Crippen molar-refractivity contribution in [3.8, 4) is 17.0 Å². The molecule has 0 aliphatic carbocycles. The molecule has 10 heteroatoms. The number of ether oxygens (including phenoxy) is 1. The van der Waals surface area contributed by atoms with Gasteiger partial charge in [0.1, 0.15) is 11.5 Å². The summed E-state index contributed by atoms with van der Waals surface area (Å²) in [5.41, 5.74) is 2.92. The average molecular weight is 481 g/mol. The Morgan fingerprint density at radius 3 is 2.71 bits per heavy atom. The van der Waals surface area contributed by atoms with Gasteiger partial charge < -0.3 is 14.5 Å². The Morgan fingerprint density at radius 1 is 1.26 bits per heavy atom. The highest BCUT2D eigenvalue weighted by Gasteiger charge is 2.32. The summed E-state index contributed by atoms with van der Waals surface area (Å²) >= 11 is 0. The van der Waals surface area contributed by atoms with Crippen molar-refractivity contribution in [1.29, 1.82) is 0 Å². The molecule has 1 aliphatic heterocycles. The van der Waals surface area contributed by atoms with E-state index >= 15 is 0 Å². The van der Waals surface area contributed by atoms with Crippen molar-refractivity contribution in [3.05, 3.63) is 65.7 Å². The molecule has 3 aromatic heterocycles. The molecule has 1 saturated heterocycles. The fraction of sp³-hybridized carbons (Fsp3) is 0.292. The number of hydrogen-bond acceptors (Lipinski definition) is 7. The van der Waals surface area contributed by atoms with Gasteiger partial charge in [0.25, 0.3) is 5.91 Å². The maximum atomic E-state index is 13.3. The predicted octanol–water partition coefficient (Wildman–Crippen LogP) is 3.30. The van der Waals surface area contributed by atoms with Crippen LogP contribution >= 0.6 is 0 Å². The highest BCUT2D eigenvalue weighted by atomic mass is 32.2.